The van der Waals surface area contributed by atoms with Crippen molar-refractivity contribution in [2.45, 2.75) is 38.5 Å². The Morgan fingerprint density at radius 2 is 0.810 bits per heavy atom. The minimum atomic E-state index is 0. The fourth-order valence-corrected chi connectivity index (χ4v) is 1.78. The van der Waals surface area contributed by atoms with Gasteiger partial charge < -0.3 is 13.8 Å². The molecule has 2 aromatic rings. The zero-order chi connectivity index (χ0) is 15.2. The minimum Gasteiger partial charge on any atom is -0.333 e. The van der Waals surface area contributed by atoms with Crippen LogP contribution >= 0.6 is 0 Å². The standard InChI is InChI=1S/2C10H13.Cu/c2*1-10(2,3)9-7-5-4-6-8-9;/h2*4-8H,1H2,2-3H3;/q2*-1;+2. The Morgan fingerprint density at radius 3 is 0.952 bits per heavy atom. The Morgan fingerprint density at radius 1 is 0.571 bits per heavy atom. The van der Waals surface area contributed by atoms with Gasteiger partial charge in [-0.3, -0.25) is 0 Å². The molecule has 0 amide bonds. The van der Waals surface area contributed by atoms with E-state index in [-0.39, 0.29) is 27.9 Å². The van der Waals surface area contributed by atoms with Gasteiger partial charge >= 0.3 is 17.1 Å². The van der Waals surface area contributed by atoms with E-state index in [1.165, 1.54) is 11.1 Å². The third-order valence-electron chi connectivity index (χ3n) is 3.11. The van der Waals surface area contributed by atoms with Crippen molar-refractivity contribution in [3.8, 4) is 0 Å². The molecule has 117 valence electrons. The maximum Gasteiger partial charge on any atom is 2.00 e. The van der Waals surface area contributed by atoms with E-state index < -0.39 is 0 Å². The SMILES string of the molecule is [CH2-]C(C)(C)c1ccccc1.[CH2-]C(C)(C)c1ccccc1.[Cu+2]. The third kappa shape index (κ3) is 7.50. The molecule has 0 N–H and O–H groups in total. The van der Waals surface area contributed by atoms with Crippen LogP contribution in [0.3, 0.4) is 0 Å². The van der Waals surface area contributed by atoms with Gasteiger partial charge in [-0.05, 0) is 0 Å². The second kappa shape index (κ2) is 8.41. The molecular weight excluding hydrogens is 304 g/mol. The molecule has 1 radical (unpaired) electrons. The van der Waals surface area contributed by atoms with E-state index in [0.717, 1.165) is 0 Å². The van der Waals surface area contributed by atoms with Crippen molar-refractivity contribution in [3.05, 3.63) is 85.6 Å². The first-order valence-corrected chi connectivity index (χ1v) is 7.03. The average Bonchev–Trinajstić information content (AvgIpc) is 2.40. The molecule has 0 aliphatic carbocycles. The van der Waals surface area contributed by atoms with Crippen LogP contribution in [0.25, 0.3) is 0 Å². The molecule has 0 saturated heterocycles. The minimum absolute atomic E-state index is 0. The molecule has 0 nitrogen and oxygen atoms in total. The van der Waals surface area contributed by atoms with Crippen molar-refractivity contribution in [1.29, 1.82) is 0 Å². The molecule has 21 heavy (non-hydrogen) atoms. The van der Waals surface area contributed by atoms with E-state index in [9.17, 15) is 0 Å². The van der Waals surface area contributed by atoms with Gasteiger partial charge in [0.05, 0.1) is 0 Å². The van der Waals surface area contributed by atoms with Gasteiger partial charge in [0.2, 0.25) is 0 Å². The summed E-state index contributed by atoms with van der Waals surface area (Å²) < 4.78 is 0. The number of benzene rings is 2. The molecule has 0 atom stereocenters. The number of rotatable bonds is 2. The van der Waals surface area contributed by atoms with Crippen LogP contribution in [0.15, 0.2) is 60.7 Å². The van der Waals surface area contributed by atoms with Crippen LogP contribution < -0.4 is 0 Å². The monoisotopic (exact) mass is 329 g/mol. The van der Waals surface area contributed by atoms with E-state index in [4.69, 9.17) is 0 Å². The molecule has 2 aromatic carbocycles. The fraction of sp³-hybridized carbons (Fsp3) is 0.300. The average molecular weight is 330 g/mol. The van der Waals surface area contributed by atoms with Crippen molar-refractivity contribution in [1.82, 2.24) is 0 Å². The van der Waals surface area contributed by atoms with Crippen molar-refractivity contribution in [2.24, 2.45) is 0 Å². The Labute approximate surface area is 141 Å². The topological polar surface area (TPSA) is 0 Å². The zero-order valence-corrected chi connectivity index (χ0v) is 14.4. The first-order chi connectivity index (χ1) is 9.21. The van der Waals surface area contributed by atoms with Crippen LogP contribution in [0.2, 0.25) is 0 Å². The molecule has 0 spiro atoms. The summed E-state index contributed by atoms with van der Waals surface area (Å²) in [5.74, 6) is 0. The van der Waals surface area contributed by atoms with E-state index in [1.807, 2.05) is 36.4 Å². The van der Waals surface area contributed by atoms with Gasteiger partial charge in [-0.1, -0.05) is 99.5 Å². The fourth-order valence-electron chi connectivity index (χ4n) is 1.78. The molecular formula is C20H26Cu. The van der Waals surface area contributed by atoms with E-state index >= 15 is 0 Å². The Hall–Kier alpha value is -1.04. The van der Waals surface area contributed by atoms with Gasteiger partial charge in [0, 0.05) is 0 Å². The summed E-state index contributed by atoms with van der Waals surface area (Å²) >= 11 is 0. The predicted octanol–water partition coefficient (Wildman–Crippen LogP) is 5.59. The summed E-state index contributed by atoms with van der Waals surface area (Å²) in [6.45, 7) is 16.5. The Balaban J connectivity index is 0.000000364. The van der Waals surface area contributed by atoms with Crippen LogP contribution in [-0.2, 0) is 27.9 Å². The summed E-state index contributed by atoms with van der Waals surface area (Å²) in [7, 11) is 0. The van der Waals surface area contributed by atoms with Crippen molar-refractivity contribution in [3.63, 3.8) is 0 Å². The maximum absolute atomic E-state index is 4.04. The molecule has 0 aliphatic heterocycles. The van der Waals surface area contributed by atoms with Gasteiger partial charge in [0.25, 0.3) is 0 Å². The largest absolute Gasteiger partial charge is 2.00 e. The summed E-state index contributed by atoms with van der Waals surface area (Å²) in [5.41, 5.74) is 2.66. The van der Waals surface area contributed by atoms with Gasteiger partial charge in [-0.15, -0.1) is 10.8 Å². The predicted molar refractivity (Wildman–Crippen MR) is 89.7 cm³/mol. The molecule has 2 rings (SSSR count). The molecule has 0 heterocycles. The smallest absolute Gasteiger partial charge is 0.333 e. The second-order valence-electron chi connectivity index (χ2n) is 6.50. The van der Waals surface area contributed by atoms with Crippen LogP contribution in [0.5, 0.6) is 0 Å². The van der Waals surface area contributed by atoms with Crippen molar-refractivity contribution >= 4 is 0 Å². The summed E-state index contributed by atoms with van der Waals surface area (Å²) in [5, 5.41) is 0. The summed E-state index contributed by atoms with van der Waals surface area (Å²) in [4.78, 5) is 0. The van der Waals surface area contributed by atoms with Gasteiger partial charge in [0.15, 0.2) is 0 Å². The molecule has 0 aromatic heterocycles. The summed E-state index contributed by atoms with van der Waals surface area (Å²) in [6, 6.07) is 20.6. The van der Waals surface area contributed by atoms with Crippen molar-refractivity contribution < 1.29 is 17.1 Å². The molecule has 0 unspecified atom stereocenters. The van der Waals surface area contributed by atoms with E-state index in [0.29, 0.717) is 0 Å². The van der Waals surface area contributed by atoms with Crippen LogP contribution in [0, 0.1) is 13.8 Å². The first-order valence-electron chi connectivity index (χ1n) is 7.03. The van der Waals surface area contributed by atoms with Gasteiger partial charge in [-0.25, -0.2) is 0 Å². The normalized spacial score (nSPS) is 11.0. The van der Waals surface area contributed by atoms with Crippen LogP contribution in [0.4, 0.5) is 0 Å². The molecule has 0 fully saturated rings. The third-order valence-corrected chi connectivity index (χ3v) is 3.11. The Bertz CT molecular complexity index is 437. The molecule has 0 aliphatic rings. The number of hydrogen-bond donors (Lipinski definition) is 0. The van der Waals surface area contributed by atoms with Crippen LogP contribution in [-0.4, -0.2) is 0 Å². The summed E-state index contributed by atoms with van der Waals surface area (Å²) in [6.07, 6.45) is 0. The Kier molecular flexibility index (Phi) is 8.00. The van der Waals surface area contributed by atoms with E-state index in [1.54, 1.807) is 0 Å². The molecule has 1 heteroatoms. The first kappa shape index (κ1) is 20.0. The quantitative estimate of drug-likeness (QED) is 0.497. The van der Waals surface area contributed by atoms with Gasteiger partial charge in [0.1, 0.15) is 0 Å². The molecule has 0 saturated carbocycles. The second-order valence-corrected chi connectivity index (χ2v) is 6.50. The molecule has 0 bridgehead atoms. The zero-order valence-electron chi connectivity index (χ0n) is 13.5. The van der Waals surface area contributed by atoms with Gasteiger partial charge in [-0.2, -0.15) is 0 Å². The van der Waals surface area contributed by atoms with E-state index in [2.05, 4.69) is 65.8 Å². The maximum atomic E-state index is 4.04. The number of hydrogen-bond acceptors (Lipinski definition) is 0. The van der Waals surface area contributed by atoms with Crippen molar-refractivity contribution in [2.75, 3.05) is 0 Å². The van der Waals surface area contributed by atoms with Crippen LogP contribution in [0.1, 0.15) is 38.8 Å².